The van der Waals surface area contributed by atoms with Gasteiger partial charge in [0, 0.05) is 6.61 Å². The van der Waals surface area contributed by atoms with Gasteiger partial charge in [-0.15, -0.1) is 0 Å². The molecule has 0 fully saturated rings. The molecule has 0 aliphatic heterocycles. The van der Waals surface area contributed by atoms with Gasteiger partial charge in [-0.3, -0.25) is 4.79 Å². The van der Waals surface area contributed by atoms with Gasteiger partial charge in [-0.05, 0) is 6.92 Å². The Kier molecular flexibility index (Phi) is 5.22. The van der Waals surface area contributed by atoms with Crippen LogP contribution in [-0.4, -0.2) is 19.2 Å². The Morgan fingerprint density at radius 1 is 0.947 bits per heavy atom. The lowest BCUT2D eigenvalue weighted by molar-refractivity contribution is -0.136. The van der Waals surface area contributed by atoms with Crippen LogP contribution in [0, 0.1) is 29.1 Å². The summed E-state index contributed by atoms with van der Waals surface area (Å²) in [7, 11) is 0. The van der Waals surface area contributed by atoms with E-state index in [-0.39, 0.29) is 13.0 Å². The number of hydrogen-bond donors (Lipinski definition) is 0. The highest BCUT2D eigenvalue weighted by Crippen LogP contribution is 2.29. The molecule has 1 aromatic rings. The molecular formula is C11H9F5O3. The largest absolute Gasteiger partial charge is 0.420 e. The predicted octanol–water partition coefficient (Wildman–Crippen LogP) is 2.71. The third-order valence-electron chi connectivity index (χ3n) is 2.04. The third-order valence-corrected chi connectivity index (χ3v) is 2.04. The first kappa shape index (κ1) is 15.4. The summed E-state index contributed by atoms with van der Waals surface area (Å²) in [5.41, 5.74) is 0. The average Bonchev–Trinajstić information content (AvgIpc) is 2.39. The summed E-state index contributed by atoms with van der Waals surface area (Å²) in [6.07, 6.45) is -0.382. The van der Waals surface area contributed by atoms with Crippen LogP contribution in [0.15, 0.2) is 0 Å². The zero-order chi connectivity index (χ0) is 14.6. The third kappa shape index (κ3) is 3.40. The molecule has 106 valence electrons. The van der Waals surface area contributed by atoms with Crippen LogP contribution in [0.5, 0.6) is 5.75 Å². The van der Waals surface area contributed by atoms with Gasteiger partial charge in [0.25, 0.3) is 0 Å². The van der Waals surface area contributed by atoms with Crippen molar-refractivity contribution in [1.82, 2.24) is 0 Å². The fourth-order valence-corrected chi connectivity index (χ4v) is 1.14. The standard InChI is InChI=1S/C11H9F5O3/c1-2-18-4-3-5(17)19-11-9(15)7(13)6(12)8(14)10(11)16/h2-4H2,1H3. The Morgan fingerprint density at radius 3 is 1.89 bits per heavy atom. The van der Waals surface area contributed by atoms with E-state index in [1.54, 1.807) is 6.92 Å². The first-order valence-corrected chi connectivity index (χ1v) is 5.20. The van der Waals surface area contributed by atoms with Gasteiger partial charge < -0.3 is 9.47 Å². The van der Waals surface area contributed by atoms with Crippen molar-refractivity contribution in [3.63, 3.8) is 0 Å². The van der Waals surface area contributed by atoms with Crippen molar-refractivity contribution in [1.29, 1.82) is 0 Å². The van der Waals surface area contributed by atoms with Crippen molar-refractivity contribution in [2.45, 2.75) is 13.3 Å². The highest BCUT2D eigenvalue weighted by molar-refractivity contribution is 5.72. The molecule has 19 heavy (non-hydrogen) atoms. The molecule has 8 heteroatoms. The molecule has 0 saturated carbocycles. The highest BCUT2D eigenvalue weighted by Gasteiger charge is 2.28. The first-order chi connectivity index (χ1) is 8.90. The van der Waals surface area contributed by atoms with Crippen LogP contribution in [0.25, 0.3) is 0 Å². The molecule has 1 aromatic carbocycles. The smallest absolute Gasteiger partial charge is 0.313 e. The molecule has 0 saturated heterocycles. The molecule has 0 unspecified atom stereocenters. The van der Waals surface area contributed by atoms with E-state index in [0.29, 0.717) is 6.61 Å². The van der Waals surface area contributed by atoms with Gasteiger partial charge in [-0.25, -0.2) is 13.2 Å². The molecule has 0 radical (unpaired) electrons. The van der Waals surface area contributed by atoms with Crippen molar-refractivity contribution in [2.75, 3.05) is 13.2 Å². The van der Waals surface area contributed by atoms with E-state index in [1.807, 2.05) is 0 Å². The Bertz CT molecular complexity index is 461. The van der Waals surface area contributed by atoms with Gasteiger partial charge >= 0.3 is 5.97 Å². The summed E-state index contributed by atoms with van der Waals surface area (Å²) in [6, 6.07) is 0. The van der Waals surface area contributed by atoms with Gasteiger partial charge in [-0.2, -0.15) is 8.78 Å². The molecule has 0 N–H and O–H groups in total. The zero-order valence-electron chi connectivity index (χ0n) is 9.74. The van der Waals surface area contributed by atoms with Crippen LogP contribution >= 0.6 is 0 Å². The van der Waals surface area contributed by atoms with Gasteiger partial charge in [0.2, 0.25) is 34.8 Å². The number of ether oxygens (including phenoxy) is 2. The molecule has 0 aromatic heterocycles. The van der Waals surface area contributed by atoms with Crippen LogP contribution in [-0.2, 0) is 9.53 Å². The SMILES string of the molecule is CCOCCC(=O)Oc1c(F)c(F)c(F)c(F)c1F. The minimum absolute atomic E-state index is 0.0925. The highest BCUT2D eigenvalue weighted by atomic mass is 19.2. The summed E-state index contributed by atoms with van der Waals surface area (Å²) < 4.78 is 73.4. The maximum absolute atomic E-state index is 13.1. The van der Waals surface area contributed by atoms with E-state index >= 15 is 0 Å². The first-order valence-electron chi connectivity index (χ1n) is 5.20. The van der Waals surface area contributed by atoms with Crippen LogP contribution in [0.4, 0.5) is 22.0 Å². The van der Waals surface area contributed by atoms with Gasteiger partial charge in [-0.1, -0.05) is 0 Å². The summed E-state index contributed by atoms with van der Waals surface area (Å²) in [6.45, 7) is 1.86. The van der Waals surface area contributed by atoms with E-state index in [9.17, 15) is 26.7 Å². The molecule has 0 spiro atoms. The number of hydrogen-bond acceptors (Lipinski definition) is 3. The maximum atomic E-state index is 13.1. The number of benzene rings is 1. The Balaban J connectivity index is 2.93. The van der Waals surface area contributed by atoms with Crippen molar-refractivity contribution < 1.29 is 36.2 Å². The number of halogens is 5. The quantitative estimate of drug-likeness (QED) is 0.208. The van der Waals surface area contributed by atoms with Crippen LogP contribution in [0.2, 0.25) is 0 Å². The summed E-state index contributed by atoms with van der Waals surface area (Å²) in [4.78, 5) is 11.1. The minimum atomic E-state index is -2.32. The lowest BCUT2D eigenvalue weighted by atomic mass is 10.2. The van der Waals surface area contributed by atoms with Crippen LogP contribution in [0.3, 0.4) is 0 Å². The van der Waals surface area contributed by atoms with Crippen molar-refractivity contribution in [3.05, 3.63) is 29.1 Å². The average molecular weight is 284 g/mol. The Hall–Kier alpha value is -1.70. The fourth-order valence-electron chi connectivity index (χ4n) is 1.14. The molecule has 0 heterocycles. The number of carbonyl (C=O) groups excluding carboxylic acids is 1. The maximum Gasteiger partial charge on any atom is 0.313 e. The topological polar surface area (TPSA) is 35.5 Å². The van der Waals surface area contributed by atoms with E-state index in [0.717, 1.165) is 0 Å². The second-order valence-electron chi connectivity index (χ2n) is 3.32. The van der Waals surface area contributed by atoms with Crippen molar-refractivity contribution in [2.24, 2.45) is 0 Å². The molecule has 0 aliphatic rings. The predicted molar refractivity (Wildman–Crippen MR) is 53.0 cm³/mol. The Morgan fingerprint density at radius 2 is 1.42 bits per heavy atom. The summed E-state index contributed by atoms with van der Waals surface area (Å²) in [5, 5.41) is 0. The zero-order valence-corrected chi connectivity index (χ0v) is 9.74. The Labute approximate surface area is 104 Å². The van der Waals surface area contributed by atoms with Gasteiger partial charge in [0.15, 0.2) is 0 Å². The lowest BCUT2D eigenvalue weighted by Crippen LogP contribution is -2.15. The monoisotopic (exact) mass is 284 g/mol. The van der Waals surface area contributed by atoms with Crippen molar-refractivity contribution in [3.8, 4) is 5.75 Å². The normalized spacial score (nSPS) is 10.6. The molecule has 3 nitrogen and oxygen atoms in total. The van der Waals surface area contributed by atoms with E-state index in [1.165, 1.54) is 0 Å². The van der Waals surface area contributed by atoms with E-state index in [2.05, 4.69) is 4.74 Å². The number of esters is 1. The molecule has 0 atom stereocenters. The van der Waals surface area contributed by atoms with E-state index in [4.69, 9.17) is 4.74 Å². The van der Waals surface area contributed by atoms with Crippen LogP contribution < -0.4 is 4.74 Å². The number of rotatable bonds is 5. The number of carbonyl (C=O) groups is 1. The summed E-state index contributed by atoms with van der Waals surface area (Å²) in [5.74, 6) is -13.8. The van der Waals surface area contributed by atoms with Crippen LogP contribution in [0.1, 0.15) is 13.3 Å². The lowest BCUT2D eigenvalue weighted by Gasteiger charge is -2.08. The second kappa shape index (κ2) is 6.46. The van der Waals surface area contributed by atoms with Crippen molar-refractivity contribution >= 4 is 5.97 Å². The fraction of sp³-hybridized carbons (Fsp3) is 0.364. The minimum Gasteiger partial charge on any atom is -0.420 e. The molecule has 0 amide bonds. The second-order valence-corrected chi connectivity index (χ2v) is 3.32. The molecular weight excluding hydrogens is 275 g/mol. The molecule has 0 bridgehead atoms. The molecule has 1 rings (SSSR count). The van der Waals surface area contributed by atoms with Gasteiger partial charge in [0.1, 0.15) is 0 Å². The summed E-state index contributed by atoms with van der Waals surface area (Å²) >= 11 is 0. The van der Waals surface area contributed by atoms with Gasteiger partial charge in [0.05, 0.1) is 13.0 Å². The van der Waals surface area contributed by atoms with E-state index < -0.39 is 40.8 Å². The molecule has 0 aliphatic carbocycles.